The summed E-state index contributed by atoms with van der Waals surface area (Å²) in [4.78, 5) is 12.7. The SMILES string of the molecule is Cc1cccc(Cc2c(C(F)(F)F)c3cc(CO)ccc3n(C)c2=O)c1. The molecule has 1 N–H and O–H groups in total. The third-order valence-corrected chi connectivity index (χ3v) is 4.49. The van der Waals surface area contributed by atoms with E-state index in [2.05, 4.69) is 0 Å². The number of rotatable bonds is 3. The summed E-state index contributed by atoms with van der Waals surface area (Å²) in [6.45, 7) is 1.48. The maximum absolute atomic E-state index is 13.9. The zero-order valence-electron chi connectivity index (χ0n) is 14.4. The van der Waals surface area contributed by atoms with Crippen LogP contribution in [0.1, 0.15) is 27.8 Å². The molecule has 3 aromatic rings. The number of aryl methyl sites for hydroxylation is 2. The molecule has 26 heavy (non-hydrogen) atoms. The van der Waals surface area contributed by atoms with Gasteiger partial charge < -0.3 is 9.67 Å². The van der Waals surface area contributed by atoms with E-state index in [1.165, 1.54) is 29.8 Å². The molecule has 2 aromatic carbocycles. The lowest BCUT2D eigenvalue weighted by molar-refractivity contribution is -0.137. The summed E-state index contributed by atoms with van der Waals surface area (Å²) in [5.41, 5.74) is 0.237. The van der Waals surface area contributed by atoms with Crippen LogP contribution in [0.5, 0.6) is 0 Å². The van der Waals surface area contributed by atoms with Crippen LogP contribution >= 0.6 is 0 Å². The van der Waals surface area contributed by atoms with Crippen LogP contribution < -0.4 is 5.56 Å². The highest BCUT2D eigenvalue weighted by Crippen LogP contribution is 2.37. The second-order valence-corrected chi connectivity index (χ2v) is 6.39. The monoisotopic (exact) mass is 361 g/mol. The second kappa shape index (κ2) is 6.61. The minimum atomic E-state index is -4.68. The number of pyridine rings is 1. The predicted molar refractivity (Wildman–Crippen MR) is 94.1 cm³/mol. The zero-order chi connectivity index (χ0) is 19.1. The van der Waals surface area contributed by atoms with Crippen molar-refractivity contribution in [1.29, 1.82) is 0 Å². The number of alkyl halides is 3. The van der Waals surface area contributed by atoms with Crippen molar-refractivity contribution in [2.24, 2.45) is 7.05 Å². The van der Waals surface area contributed by atoms with Crippen LogP contribution in [0.25, 0.3) is 10.9 Å². The molecule has 0 spiro atoms. The first kappa shape index (κ1) is 18.2. The number of halogens is 3. The smallest absolute Gasteiger partial charge is 0.392 e. The van der Waals surface area contributed by atoms with Crippen molar-refractivity contribution >= 4 is 10.9 Å². The standard InChI is InChI=1S/C20H18F3NO2/c1-12-4-3-5-13(8-12)9-16-18(20(21,22)23)15-10-14(11-25)6-7-17(15)24(2)19(16)26/h3-8,10,25H,9,11H2,1-2H3. The first-order chi connectivity index (χ1) is 12.2. The second-order valence-electron chi connectivity index (χ2n) is 6.39. The van der Waals surface area contributed by atoms with Gasteiger partial charge in [-0.15, -0.1) is 0 Å². The van der Waals surface area contributed by atoms with Crippen molar-refractivity contribution in [2.45, 2.75) is 26.1 Å². The van der Waals surface area contributed by atoms with Crippen molar-refractivity contribution in [2.75, 3.05) is 0 Å². The van der Waals surface area contributed by atoms with Crippen molar-refractivity contribution in [3.63, 3.8) is 0 Å². The summed E-state index contributed by atoms with van der Waals surface area (Å²) in [5.74, 6) is 0. The van der Waals surface area contributed by atoms with Crippen molar-refractivity contribution in [3.8, 4) is 0 Å². The van der Waals surface area contributed by atoms with Crippen LogP contribution in [-0.2, 0) is 26.3 Å². The first-order valence-electron chi connectivity index (χ1n) is 8.10. The molecule has 0 fully saturated rings. The Balaban J connectivity index is 2.36. The van der Waals surface area contributed by atoms with Gasteiger partial charge in [-0.05, 0) is 30.2 Å². The summed E-state index contributed by atoms with van der Waals surface area (Å²) < 4.78 is 42.9. The zero-order valence-corrected chi connectivity index (χ0v) is 14.4. The summed E-state index contributed by atoms with van der Waals surface area (Å²) in [5, 5.41) is 9.22. The normalized spacial score (nSPS) is 11.9. The van der Waals surface area contributed by atoms with Gasteiger partial charge in [0.1, 0.15) is 0 Å². The summed E-state index contributed by atoms with van der Waals surface area (Å²) in [6, 6.07) is 11.3. The van der Waals surface area contributed by atoms with Crippen molar-refractivity contribution < 1.29 is 18.3 Å². The van der Waals surface area contributed by atoms with Crippen LogP contribution in [0.15, 0.2) is 47.3 Å². The van der Waals surface area contributed by atoms with E-state index < -0.39 is 17.3 Å². The third kappa shape index (κ3) is 3.24. The lowest BCUT2D eigenvalue weighted by Gasteiger charge is -2.18. The maximum atomic E-state index is 13.9. The van der Waals surface area contributed by atoms with Gasteiger partial charge in [-0.2, -0.15) is 13.2 Å². The molecule has 0 unspecified atom stereocenters. The van der Waals surface area contributed by atoms with E-state index in [1.807, 2.05) is 13.0 Å². The Morgan fingerprint density at radius 2 is 1.81 bits per heavy atom. The van der Waals surface area contributed by atoms with Gasteiger partial charge in [-0.3, -0.25) is 4.79 Å². The fourth-order valence-electron chi connectivity index (χ4n) is 3.27. The summed E-state index contributed by atoms with van der Waals surface area (Å²) in [6.07, 6.45) is -4.79. The highest BCUT2D eigenvalue weighted by molar-refractivity contribution is 5.85. The molecule has 0 aliphatic heterocycles. The van der Waals surface area contributed by atoms with Gasteiger partial charge in [0.15, 0.2) is 0 Å². The van der Waals surface area contributed by atoms with E-state index in [-0.39, 0.29) is 29.5 Å². The van der Waals surface area contributed by atoms with Crippen LogP contribution in [0.2, 0.25) is 0 Å². The van der Waals surface area contributed by atoms with E-state index in [4.69, 9.17) is 0 Å². The fourth-order valence-corrected chi connectivity index (χ4v) is 3.27. The molecule has 0 saturated heterocycles. The average molecular weight is 361 g/mol. The van der Waals surface area contributed by atoms with Crippen molar-refractivity contribution in [3.05, 3.63) is 80.6 Å². The van der Waals surface area contributed by atoms with Gasteiger partial charge in [-0.1, -0.05) is 35.9 Å². The number of aliphatic hydroxyl groups excluding tert-OH is 1. The van der Waals surface area contributed by atoms with Crippen LogP contribution in [0, 0.1) is 6.92 Å². The molecule has 6 heteroatoms. The Morgan fingerprint density at radius 3 is 2.42 bits per heavy atom. The molecule has 1 aromatic heterocycles. The van der Waals surface area contributed by atoms with E-state index >= 15 is 0 Å². The molecular weight excluding hydrogens is 343 g/mol. The number of nitrogens with zero attached hydrogens (tertiary/aromatic N) is 1. The Morgan fingerprint density at radius 1 is 1.08 bits per heavy atom. The molecule has 0 radical (unpaired) electrons. The van der Waals surface area contributed by atoms with E-state index in [0.717, 1.165) is 5.56 Å². The number of fused-ring (bicyclic) bond motifs is 1. The maximum Gasteiger partial charge on any atom is 0.417 e. The van der Waals surface area contributed by atoms with E-state index in [1.54, 1.807) is 18.2 Å². The first-order valence-corrected chi connectivity index (χ1v) is 8.10. The Labute approximate surface area is 148 Å². The molecular formula is C20H18F3NO2. The molecule has 0 aliphatic rings. The minimum Gasteiger partial charge on any atom is -0.392 e. The van der Waals surface area contributed by atoms with Gasteiger partial charge in [0.25, 0.3) is 5.56 Å². The fraction of sp³-hybridized carbons (Fsp3) is 0.250. The Bertz CT molecular complexity index is 1040. The largest absolute Gasteiger partial charge is 0.417 e. The predicted octanol–water partition coefficient (Wildman–Crippen LogP) is 3.95. The summed E-state index contributed by atoms with van der Waals surface area (Å²) >= 11 is 0. The molecule has 0 atom stereocenters. The Hall–Kier alpha value is -2.60. The number of hydrogen-bond acceptors (Lipinski definition) is 2. The van der Waals surface area contributed by atoms with Gasteiger partial charge >= 0.3 is 6.18 Å². The quantitative estimate of drug-likeness (QED) is 0.768. The molecule has 3 nitrogen and oxygen atoms in total. The molecule has 1 heterocycles. The molecule has 136 valence electrons. The lowest BCUT2D eigenvalue weighted by Crippen LogP contribution is -2.27. The molecule has 0 bridgehead atoms. The van der Waals surface area contributed by atoms with E-state index in [0.29, 0.717) is 11.1 Å². The van der Waals surface area contributed by atoms with Crippen LogP contribution in [0.3, 0.4) is 0 Å². The molecule has 0 aliphatic carbocycles. The van der Waals surface area contributed by atoms with Gasteiger partial charge in [0, 0.05) is 24.4 Å². The van der Waals surface area contributed by atoms with Crippen LogP contribution in [-0.4, -0.2) is 9.67 Å². The van der Waals surface area contributed by atoms with Gasteiger partial charge in [0.2, 0.25) is 0 Å². The third-order valence-electron chi connectivity index (χ3n) is 4.49. The molecule has 0 saturated carbocycles. The minimum absolute atomic E-state index is 0.0752. The number of hydrogen-bond donors (Lipinski definition) is 1. The van der Waals surface area contributed by atoms with Crippen LogP contribution in [0.4, 0.5) is 13.2 Å². The van der Waals surface area contributed by atoms with Gasteiger partial charge in [0.05, 0.1) is 17.7 Å². The number of aliphatic hydroxyl groups is 1. The number of aromatic nitrogens is 1. The van der Waals surface area contributed by atoms with Gasteiger partial charge in [-0.25, -0.2) is 0 Å². The summed E-state index contributed by atoms with van der Waals surface area (Å²) in [7, 11) is 1.46. The van der Waals surface area contributed by atoms with E-state index in [9.17, 15) is 23.1 Å². The molecule has 3 rings (SSSR count). The number of benzene rings is 2. The average Bonchev–Trinajstić information content (AvgIpc) is 2.58. The topological polar surface area (TPSA) is 42.2 Å². The Kier molecular flexibility index (Phi) is 4.63. The highest BCUT2D eigenvalue weighted by Gasteiger charge is 2.37. The highest BCUT2D eigenvalue weighted by atomic mass is 19.4. The molecule has 0 amide bonds. The lowest BCUT2D eigenvalue weighted by atomic mass is 9.95. The van der Waals surface area contributed by atoms with Crippen molar-refractivity contribution in [1.82, 2.24) is 4.57 Å².